The lowest BCUT2D eigenvalue weighted by Gasteiger charge is -2.06. The smallest absolute Gasteiger partial charge is 0.388 e. The Morgan fingerprint density at radius 3 is 2.63 bits per heavy atom. The van der Waals surface area contributed by atoms with Gasteiger partial charge < -0.3 is 14.6 Å². The van der Waals surface area contributed by atoms with Crippen molar-refractivity contribution in [2.24, 2.45) is 0 Å². The fourth-order valence-corrected chi connectivity index (χ4v) is 3.53. The number of halogens is 3. The van der Waals surface area contributed by atoms with Gasteiger partial charge in [0.25, 0.3) is 5.91 Å². The number of aromatic hydroxyl groups is 1. The van der Waals surface area contributed by atoms with Crippen molar-refractivity contribution in [3.05, 3.63) is 39.9 Å². The second kappa shape index (κ2) is 7.16. The van der Waals surface area contributed by atoms with Crippen LogP contribution in [0.5, 0.6) is 16.6 Å². The van der Waals surface area contributed by atoms with Crippen LogP contribution in [0.15, 0.2) is 23.6 Å². The molecule has 10 heteroatoms. The van der Waals surface area contributed by atoms with Gasteiger partial charge in [-0.2, -0.15) is 8.78 Å². The summed E-state index contributed by atoms with van der Waals surface area (Å²) in [5, 5.41) is 11.4. The Morgan fingerprint density at radius 2 is 2.00 bits per heavy atom. The third-order valence-electron chi connectivity index (χ3n) is 3.69. The molecule has 0 spiro atoms. The highest BCUT2D eigenvalue weighted by Gasteiger charge is 2.24. The third kappa shape index (κ3) is 3.60. The average molecular weight is 416 g/mol. The Balaban J connectivity index is 2.16. The van der Waals surface area contributed by atoms with Gasteiger partial charge in [0.15, 0.2) is 10.8 Å². The van der Waals surface area contributed by atoms with E-state index < -0.39 is 18.5 Å². The van der Waals surface area contributed by atoms with Crippen molar-refractivity contribution in [2.75, 3.05) is 0 Å². The second-order valence-corrected chi connectivity index (χ2v) is 6.78. The maximum Gasteiger partial charge on any atom is 0.388 e. The molecule has 6 nitrogen and oxygen atoms in total. The second-order valence-electron chi connectivity index (χ2n) is 5.50. The van der Waals surface area contributed by atoms with Gasteiger partial charge >= 0.3 is 12.6 Å². The van der Waals surface area contributed by atoms with Crippen LogP contribution in [0.2, 0.25) is 5.02 Å². The number of rotatable bonds is 4. The molecule has 3 aromatic rings. The van der Waals surface area contributed by atoms with Crippen molar-refractivity contribution in [3.63, 3.8) is 0 Å². The fraction of sp³-hybridized carbons (Fsp3) is 0.176. The van der Waals surface area contributed by atoms with Crippen LogP contribution in [-0.2, 0) is 4.79 Å². The Kier molecular flexibility index (Phi) is 5.07. The topological polar surface area (TPSA) is 77.8 Å². The van der Waals surface area contributed by atoms with Gasteiger partial charge in [-0.15, -0.1) is 11.3 Å². The number of benzene rings is 1. The highest BCUT2D eigenvalue weighted by Crippen LogP contribution is 2.39. The number of carbonyl (C=O) groups excluding carboxylic acids is 2. The Morgan fingerprint density at radius 1 is 1.30 bits per heavy atom. The molecule has 0 unspecified atom stereocenters. The number of esters is 1. The molecule has 2 heterocycles. The van der Waals surface area contributed by atoms with Gasteiger partial charge in [-0.3, -0.25) is 14.2 Å². The molecule has 0 aliphatic carbocycles. The molecule has 0 saturated carbocycles. The summed E-state index contributed by atoms with van der Waals surface area (Å²) in [6, 6.07) is 3.83. The number of aromatic nitrogens is 1. The van der Waals surface area contributed by atoms with Crippen LogP contribution >= 0.6 is 22.9 Å². The van der Waals surface area contributed by atoms with Crippen LogP contribution in [0.4, 0.5) is 8.78 Å². The summed E-state index contributed by atoms with van der Waals surface area (Å²) >= 11 is 6.80. The monoisotopic (exact) mass is 415 g/mol. The van der Waals surface area contributed by atoms with Gasteiger partial charge in [-0.05, 0) is 19.1 Å². The zero-order chi connectivity index (χ0) is 19.9. The molecule has 1 N–H and O–H groups in total. The summed E-state index contributed by atoms with van der Waals surface area (Å²) in [5.74, 6) is -1.32. The summed E-state index contributed by atoms with van der Waals surface area (Å²) in [4.78, 5) is 24.4. The quantitative estimate of drug-likeness (QED) is 0.631. The number of alkyl halides is 2. The van der Waals surface area contributed by atoms with E-state index in [1.54, 1.807) is 6.92 Å². The van der Waals surface area contributed by atoms with Gasteiger partial charge in [0.05, 0.1) is 21.8 Å². The summed E-state index contributed by atoms with van der Waals surface area (Å²) in [5.41, 5.74) is 0.683. The lowest BCUT2D eigenvalue weighted by molar-refractivity contribution is -0.131. The Hall–Kier alpha value is -2.65. The van der Waals surface area contributed by atoms with Crippen LogP contribution in [0.3, 0.4) is 0 Å². The largest absolute Gasteiger partial charge is 0.506 e. The first-order chi connectivity index (χ1) is 12.7. The molecule has 1 aromatic carbocycles. The number of phenols is 1. The van der Waals surface area contributed by atoms with Gasteiger partial charge in [-0.1, -0.05) is 11.6 Å². The third-order valence-corrected chi connectivity index (χ3v) is 4.81. The van der Waals surface area contributed by atoms with Gasteiger partial charge in [-0.25, -0.2) is 0 Å². The van der Waals surface area contributed by atoms with E-state index in [-0.39, 0.29) is 32.8 Å². The van der Waals surface area contributed by atoms with Crippen LogP contribution in [-0.4, -0.2) is 28.2 Å². The number of phenolic OH excluding ortho intramolecular Hbond substituents is 1. The Labute approximate surface area is 160 Å². The Bertz CT molecular complexity index is 1060. The molecule has 0 amide bonds. The molecule has 142 valence electrons. The SMILES string of the molecule is CC(=O)Oc1c(C)n(C(=O)c2csc(OC(F)F)c2)c2cc(Cl)c(O)cc12. The number of hydrogen-bond acceptors (Lipinski definition) is 6. The molecular weight excluding hydrogens is 404 g/mol. The summed E-state index contributed by atoms with van der Waals surface area (Å²) < 4.78 is 35.4. The number of ether oxygens (including phenoxy) is 2. The van der Waals surface area contributed by atoms with Crippen molar-refractivity contribution in [1.82, 2.24) is 4.57 Å². The minimum Gasteiger partial charge on any atom is -0.506 e. The molecule has 3 rings (SSSR count). The van der Waals surface area contributed by atoms with Crippen molar-refractivity contribution < 1.29 is 33.0 Å². The standard InChI is InChI=1S/C17H12ClF2NO5S/c1-7-15(25-8(2)22)10-4-13(23)11(18)5-12(10)21(7)16(24)9-3-14(27-6-9)26-17(19)20/h3-6,17,23H,1-2H3. The van der Waals surface area contributed by atoms with Crippen molar-refractivity contribution >= 4 is 45.7 Å². The van der Waals surface area contributed by atoms with E-state index in [1.165, 1.54) is 35.1 Å². The summed E-state index contributed by atoms with van der Waals surface area (Å²) in [6.07, 6.45) is 0. The zero-order valence-electron chi connectivity index (χ0n) is 14.0. The molecule has 0 fully saturated rings. The van der Waals surface area contributed by atoms with Crippen LogP contribution in [0, 0.1) is 6.92 Å². The van der Waals surface area contributed by atoms with Gasteiger partial charge in [0.1, 0.15) is 5.75 Å². The van der Waals surface area contributed by atoms with E-state index in [9.17, 15) is 23.5 Å². The molecule has 2 aromatic heterocycles. The van der Waals surface area contributed by atoms with Crippen LogP contribution in [0.1, 0.15) is 23.0 Å². The van der Waals surface area contributed by atoms with Gasteiger partial charge in [0.2, 0.25) is 0 Å². The van der Waals surface area contributed by atoms with E-state index in [4.69, 9.17) is 16.3 Å². The van der Waals surface area contributed by atoms with E-state index in [1.807, 2.05) is 0 Å². The van der Waals surface area contributed by atoms with E-state index >= 15 is 0 Å². The normalized spacial score (nSPS) is 11.2. The molecule has 27 heavy (non-hydrogen) atoms. The first-order valence-corrected chi connectivity index (χ1v) is 8.74. The number of hydrogen-bond donors (Lipinski definition) is 1. The molecule has 0 aliphatic heterocycles. The van der Waals surface area contributed by atoms with E-state index in [0.717, 1.165) is 11.3 Å². The maximum atomic E-state index is 13.0. The number of carbonyl (C=O) groups is 2. The summed E-state index contributed by atoms with van der Waals surface area (Å²) in [7, 11) is 0. The molecule has 0 aliphatic rings. The minimum absolute atomic E-state index is 0.00420. The number of fused-ring (bicyclic) bond motifs is 1. The van der Waals surface area contributed by atoms with Crippen LogP contribution < -0.4 is 9.47 Å². The van der Waals surface area contributed by atoms with Gasteiger partial charge in [0, 0.05) is 23.8 Å². The zero-order valence-corrected chi connectivity index (χ0v) is 15.5. The minimum atomic E-state index is -3.00. The van der Waals surface area contributed by atoms with Crippen molar-refractivity contribution in [1.29, 1.82) is 0 Å². The average Bonchev–Trinajstić information content (AvgIpc) is 3.11. The fourth-order valence-electron chi connectivity index (χ4n) is 2.64. The highest BCUT2D eigenvalue weighted by molar-refractivity contribution is 7.12. The highest BCUT2D eigenvalue weighted by atomic mass is 35.5. The van der Waals surface area contributed by atoms with Crippen molar-refractivity contribution in [3.8, 4) is 16.6 Å². The maximum absolute atomic E-state index is 13.0. The number of thiophene rings is 1. The number of nitrogens with zero attached hydrogens (tertiary/aromatic N) is 1. The molecular formula is C17H12ClF2NO5S. The van der Waals surface area contributed by atoms with Crippen molar-refractivity contribution in [2.45, 2.75) is 20.5 Å². The first kappa shape index (κ1) is 19.1. The van der Waals surface area contributed by atoms with Crippen LogP contribution in [0.25, 0.3) is 10.9 Å². The predicted octanol–water partition coefficient (Wildman–Crippen LogP) is 4.59. The molecule has 0 bridgehead atoms. The molecule has 0 radical (unpaired) electrons. The predicted molar refractivity (Wildman–Crippen MR) is 95.3 cm³/mol. The molecule has 0 atom stereocenters. The van der Waals surface area contributed by atoms with E-state index in [2.05, 4.69) is 4.74 Å². The van der Waals surface area contributed by atoms with E-state index in [0.29, 0.717) is 10.9 Å². The first-order valence-electron chi connectivity index (χ1n) is 7.49. The lowest BCUT2D eigenvalue weighted by Crippen LogP contribution is -2.13. The summed E-state index contributed by atoms with van der Waals surface area (Å²) in [6.45, 7) is -0.255. The lowest BCUT2D eigenvalue weighted by atomic mass is 10.2. The molecule has 0 saturated heterocycles.